The first kappa shape index (κ1) is 7.71. The smallest absolute Gasteiger partial charge is 0.105 e. The quantitative estimate of drug-likeness (QED) is 0.388. The van der Waals surface area contributed by atoms with Gasteiger partial charge in [0.15, 0.2) is 0 Å². The van der Waals surface area contributed by atoms with Crippen molar-refractivity contribution in [1.82, 2.24) is 0 Å². The van der Waals surface area contributed by atoms with Crippen LogP contribution in [0.4, 0.5) is 0 Å². The fraction of sp³-hybridized carbons (Fsp3) is 0.125. The Kier molecular flexibility index (Phi) is 4.16. The number of nitrogens with zero attached hydrogens (tertiary/aromatic N) is 1. The van der Waals surface area contributed by atoms with Crippen molar-refractivity contribution in [2.75, 3.05) is 0 Å². The molecule has 0 aliphatic carbocycles. The summed E-state index contributed by atoms with van der Waals surface area (Å²) in [7, 11) is 0. The van der Waals surface area contributed by atoms with Gasteiger partial charge in [0.2, 0.25) is 0 Å². The first-order valence-electron chi connectivity index (χ1n) is 2.62. The minimum absolute atomic E-state index is 0.452. The standard InChI is InChI=1S/C8H9N/c1-4-6-7-9-8(3)5-2/h2,4,6-7H,3H2,1H3/b6-4-,9-7-. The van der Waals surface area contributed by atoms with Gasteiger partial charge < -0.3 is 0 Å². The highest BCUT2D eigenvalue weighted by atomic mass is 14.7. The van der Waals surface area contributed by atoms with E-state index in [0.29, 0.717) is 5.70 Å². The molecule has 0 radical (unpaired) electrons. The number of terminal acetylenes is 1. The number of hydrogen-bond acceptors (Lipinski definition) is 1. The van der Waals surface area contributed by atoms with Gasteiger partial charge in [0.05, 0.1) is 0 Å². The van der Waals surface area contributed by atoms with E-state index < -0.39 is 0 Å². The molecule has 0 aliphatic rings. The second-order valence-corrected chi connectivity index (χ2v) is 1.39. The number of rotatable bonds is 2. The molecule has 0 aliphatic heterocycles. The van der Waals surface area contributed by atoms with Gasteiger partial charge in [-0.2, -0.15) is 0 Å². The first-order chi connectivity index (χ1) is 4.31. The Hall–Kier alpha value is -1.29. The van der Waals surface area contributed by atoms with Crippen molar-refractivity contribution in [3.05, 3.63) is 24.4 Å². The third-order valence-electron chi connectivity index (χ3n) is 0.676. The van der Waals surface area contributed by atoms with Gasteiger partial charge in [-0.3, -0.25) is 0 Å². The number of allylic oxidation sites excluding steroid dienone is 3. The van der Waals surface area contributed by atoms with E-state index in [1.54, 1.807) is 12.3 Å². The lowest BCUT2D eigenvalue weighted by Crippen LogP contribution is -1.67. The lowest BCUT2D eigenvalue weighted by molar-refractivity contribution is 1.50. The molecule has 0 amide bonds. The van der Waals surface area contributed by atoms with Crippen LogP contribution in [0.15, 0.2) is 29.4 Å². The molecule has 0 saturated heterocycles. The maximum absolute atomic E-state index is 4.97. The van der Waals surface area contributed by atoms with Crippen molar-refractivity contribution in [1.29, 1.82) is 0 Å². The normalized spacial score (nSPS) is 10.2. The lowest BCUT2D eigenvalue weighted by Gasteiger charge is -1.78. The minimum atomic E-state index is 0.452. The van der Waals surface area contributed by atoms with E-state index in [9.17, 15) is 0 Å². The van der Waals surface area contributed by atoms with Crippen LogP contribution < -0.4 is 0 Å². The Morgan fingerprint density at radius 3 is 2.89 bits per heavy atom. The van der Waals surface area contributed by atoms with Gasteiger partial charge in [0.1, 0.15) is 5.70 Å². The Labute approximate surface area is 55.8 Å². The van der Waals surface area contributed by atoms with Gasteiger partial charge >= 0.3 is 0 Å². The molecule has 0 saturated carbocycles. The third kappa shape index (κ3) is 4.57. The van der Waals surface area contributed by atoms with Crippen LogP contribution in [0.5, 0.6) is 0 Å². The fourth-order valence-electron chi connectivity index (χ4n) is 0.256. The molecule has 0 atom stereocenters. The molecule has 0 unspecified atom stereocenters. The summed E-state index contributed by atoms with van der Waals surface area (Å²) in [6.45, 7) is 5.38. The highest BCUT2D eigenvalue weighted by Gasteiger charge is 1.72. The fourth-order valence-corrected chi connectivity index (χ4v) is 0.256. The van der Waals surface area contributed by atoms with Gasteiger partial charge in [-0.25, -0.2) is 4.99 Å². The van der Waals surface area contributed by atoms with Gasteiger partial charge in [-0.1, -0.05) is 18.6 Å². The van der Waals surface area contributed by atoms with Gasteiger partial charge in [0.25, 0.3) is 0 Å². The summed E-state index contributed by atoms with van der Waals surface area (Å²) in [5.41, 5.74) is 0.452. The monoisotopic (exact) mass is 119 g/mol. The molecule has 1 heteroatoms. The van der Waals surface area contributed by atoms with E-state index >= 15 is 0 Å². The zero-order valence-electron chi connectivity index (χ0n) is 5.46. The van der Waals surface area contributed by atoms with E-state index in [2.05, 4.69) is 17.5 Å². The van der Waals surface area contributed by atoms with Crippen LogP contribution in [-0.2, 0) is 0 Å². The molecule has 1 nitrogen and oxygen atoms in total. The molecule has 0 N–H and O–H groups in total. The highest BCUT2D eigenvalue weighted by Crippen LogP contribution is 1.84. The zero-order valence-corrected chi connectivity index (χ0v) is 5.46. The predicted molar refractivity (Wildman–Crippen MR) is 41.3 cm³/mol. The van der Waals surface area contributed by atoms with E-state index in [4.69, 9.17) is 6.42 Å². The van der Waals surface area contributed by atoms with Crippen molar-refractivity contribution in [3.8, 4) is 12.3 Å². The second-order valence-electron chi connectivity index (χ2n) is 1.39. The van der Waals surface area contributed by atoms with Gasteiger partial charge in [-0.05, 0) is 13.0 Å². The van der Waals surface area contributed by atoms with E-state index in [1.165, 1.54) is 0 Å². The summed E-state index contributed by atoms with van der Waals surface area (Å²) >= 11 is 0. The molecule has 0 aromatic rings. The molecule has 0 bridgehead atoms. The highest BCUT2D eigenvalue weighted by molar-refractivity contribution is 5.72. The molecule has 0 spiro atoms. The molecular formula is C8H9N. The van der Waals surface area contributed by atoms with Crippen molar-refractivity contribution >= 4 is 6.21 Å². The molecule has 0 aromatic heterocycles. The van der Waals surface area contributed by atoms with Crippen molar-refractivity contribution in [2.45, 2.75) is 6.92 Å². The molecule has 0 heterocycles. The Balaban J connectivity index is 3.75. The molecule has 0 rings (SSSR count). The summed E-state index contributed by atoms with van der Waals surface area (Å²) < 4.78 is 0. The average molecular weight is 119 g/mol. The minimum Gasteiger partial charge on any atom is -0.248 e. The largest absolute Gasteiger partial charge is 0.248 e. The Bertz CT molecular complexity index is 179. The van der Waals surface area contributed by atoms with Crippen LogP contribution in [0.1, 0.15) is 6.92 Å². The van der Waals surface area contributed by atoms with E-state index in [-0.39, 0.29) is 0 Å². The van der Waals surface area contributed by atoms with Crippen LogP contribution >= 0.6 is 0 Å². The van der Waals surface area contributed by atoms with Crippen molar-refractivity contribution in [3.63, 3.8) is 0 Å². The van der Waals surface area contributed by atoms with Crippen LogP contribution in [0, 0.1) is 12.3 Å². The SMILES string of the molecule is C#CC(=C)/N=C\C=C/C. The molecule has 9 heavy (non-hydrogen) atoms. The maximum atomic E-state index is 4.97. The van der Waals surface area contributed by atoms with Crippen LogP contribution in [0.25, 0.3) is 0 Å². The third-order valence-corrected chi connectivity index (χ3v) is 0.676. The van der Waals surface area contributed by atoms with Crippen molar-refractivity contribution in [2.24, 2.45) is 4.99 Å². The van der Waals surface area contributed by atoms with Crippen molar-refractivity contribution < 1.29 is 0 Å². The average Bonchev–Trinajstić information content (AvgIpc) is 1.89. The number of hydrogen-bond donors (Lipinski definition) is 0. The summed E-state index contributed by atoms with van der Waals surface area (Å²) in [6.07, 6.45) is 10.2. The predicted octanol–water partition coefficient (Wildman–Crippen LogP) is 1.78. The summed E-state index contributed by atoms with van der Waals surface area (Å²) in [5.74, 6) is 2.30. The molecule has 46 valence electrons. The summed E-state index contributed by atoms with van der Waals surface area (Å²) in [5, 5.41) is 0. The first-order valence-corrected chi connectivity index (χ1v) is 2.62. The molecule has 0 fully saturated rings. The topological polar surface area (TPSA) is 12.4 Å². The number of aliphatic imine (C=N–C) groups is 1. The lowest BCUT2D eigenvalue weighted by atomic mass is 10.5. The molecular weight excluding hydrogens is 110 g/mol. The van der Waals surface area contributed by atoms with Crippen LogP contribution in [0.3, 0.4) is 0 Å². The van der Waals surface area contributed by atoms with E-state index in [1.807, 2.05) is 13.0 Å². The van der Waals surface area contributed by atoms with Gasteiger partial charge in [-0.15, -0.1) is 6.42 Å². The maximum Gasteiger partial charge on any atom is 0.105 e. The zero-order chi connectivity index (χ0) is 7.11. The Morgan fingerprint density at radius 2 is 2.44 bits per heavy atom. The summed E-state index contributed by atoms with van der Waals surface area (Å²) in [6, 6.07) is 0. The second kappa shape index (κ2) is 4.86. The Morgan fingerprint density at radius 1 is 1.78 bits per heavy atom. The van der Waals surface area contributed by atoms with Gasteiger partial charge in [0, 0.05) is 6.21 Å². The summed E-state index contributed by atoms with van der Waals surface area (Å²) in [4.78, 5) is 3.79. The van der Waals surface area contributed by atoms with Crippen LogP contribution in [0.2, 0.25) is 0 Å². The molecule has 0 aromatic carbocycles. The van der Waals surface area contributed by atoms with E-state index in [0.717, 1.165) is 0 Å². The van der Waals surface area contributed by atoms with Crippen LogP contribution in [-0.4, -0.2) is 6.21 Å².